The summed E-state index contributed by atoms with van der Waals surface area (Å²) in [7, 11) is 0. The number of nitrogens with zero attached hydrogens (tertiary/aromatic N) is 5. The lowest BCUT2D eigenvalue weighted by Gasteiger charge is -2.35. The second kappa shape index (κ2) is 13.8. The van der Waals surface area contributed by atoms with Crippen molar-refractivity contribution in [3.63, 3.8) is 0 Å². The van der Waals surface area contributed by atoms with Crippen molar-refractivity contribution in [2.24, 2.45) is 0 Å². The van der Waals surface area contributed by atoms with Crippen LogP contribution in [0.25, 0.3) is 11.4 Å². The molecule has 1 fully saturated rings. The van der Waals surface area contributed by atoms with Gasteiger partial charge in [-0.1, -0.05) is 30.3 Å². The van der Waals surface area contributed by atoms with Gasteiger partial charge in [-0.05, 0) is 65.6 Å². The maximum atomic E-state index is 13.9. The zero-order chi connectivity index (χ0) is 33.8. The van der Waals surface area contributed by atoms with Crippen molar-refractivity contribution in [2.75, 3.05) is 31.1 Å². The van der Waals surface area contributed by atoms with E-state index in [-0.39, 0.29) is 37.2 Å². The zero-order valence-corrected chi connectivity index (χ0v) is 25.6. The van der Waals surface area contributed by atoms with Crippen LogP contribution >= 0.6 is 0 Å². The van der Waals surface area contributed by atoms with E-state index >= 15 is 0 Å². The predicted octanol–water partition coefficient (Wildman–Crippen LogP) is 4.91. The number of piperazine rings is 1. The van der Waals surface area contributed by atoms with Crippen molar-refractivity contribution in [1.82, 2.24) is 19.0 Å². The SMILES string of the molecule is O=C(/C=C(/O)c1cc(Cc2cc(F)c(F)c(F)c2)cn(Cc2ccccc2)c1=O)C(=O)N1CCN(c2ccc(-n3ccnc3)cc2)CC1. The Morgan fingerprint density at radius 2 is 1.50 bits per heavy atom. The smallest absolute Gasteiger partial charge is 0.294 e. The van der Waals surface area contributed by atoms with Crippen LogP contribution in [0.5, 0.6) is 0 Å². The van der Waals surface area contributed by atoms with Crippen molar-refractivity contribution >= 4 is 23.1 Å². The lowest BCUT2D eigenvalue weighted by Crippen LogP contribution is -2.50. The summed E-state index contributed by atoms with van der Waals surface area (Å²) in [6.45, 7) is 1.59. The number of pyridine rings is 1. The minimum absolute atomic E-state index is 0.0867. The number of halogens is 3. The molecule has 0 saturated carbocycles. The van der Waals surface area contributed by atoms with E-state index in [0.29, 0.717) is 24.7 Å². The summed E-state index contributed by atoms with van der Waals surface area (Å²) in [5.74, 6) is -6.88. The van der Waals surface area contributed by atoms with Crippen molar-refractivity contribution in [2.45, 2.75) is 13.0 Å². The molecule has 1 aliphatic rings. The van der Waals surface area contributed by atoms with Gasteiger partial charge in [0.05, 0.1) is 18.4 Å². The van der Waals surface area contributed by atoms with E-state index in [9.17, 15) is 32.7 Å². The third-order valence-corrected chi connectivity index (χ3v) is 8.13. The molecule has 244 valence electrons. The van der Waals surface area contributed by atoms with Crippen LogP contribution in [0.1, 0.15) is 22.3 Å². The molecule has 2 aromatic heterocycles. The average molecular weight is 654 g/mol. The first-order chi connectivity index (χ1) is 23.2. The molecule has 12 heteroatoms. The fourth-order valence-electron chi connectivity index (χ4n) is 5.66. The van der Waals surface area contributed by atoms with Crippen LogP contribution in [0.2, 0.25) is 0 Å². The number of carbonyl (C=O) groups excluding carboxylic acids is 2. The number of rotatable bonds is 9. The van der Waals surface area contributed by atoms with Crippen molar-refractivity contribution in [3.05, 3.63) is 154 Å². The number of aliphatic hydroxyl groups excluding tert-OH is 1. The Morgan fingerprint density at radius 1 is 0.833 bits per heavy atom. The Labute approximate surface area is 273 Å². The van der Waals surface area contributed by atoms with Gasteiger partial charge in [-0.25, -0.2) is 18.2 Å². The van der Waals surface area contributed by atoms with Gasteiger partial charge in [0.2, 0.25) is 5.78 Å². The second-order valence-electron chi connectivity index (χ2n) is 11.4. The standard InChI is InChI=1S/C36H30F3N5O4/c37-30-18-25(19-31(38)34(30)39)16-26-17-29(35(47)44(22-26)21-24-4-2-1-3-5-24)32(45)20-33(46)36(48)42-14-12-41(13-15-42)27-6-8-28(9-7-27)43-11-10-40-23-43/h1-11,17-20,22-23,45H,12-16,21H2/b32-20+. The molecule has 5 aromatic rings. The van der Waals surface area contributed by atoms with Crippen LogP contribution in [-0.2, 0) is 22.6 Å². The summed E-state index contributed by atoms with van der Waals surface area (Å²) >= 11 is 0. The number of imidazole rings is 1. The van der Waals surface area contributed by atoms with Crippen molar-refractivity contribution < 1.29 is 27.9 Å². The molecule has 0 unspecified atom stereocenters. The van der Waals surface area contributed by atoms with E-state index in [0.717, 1.165) is 29.1 Å². The van der Waals surface area contributed by atoms with Crippen LogP contribution in [0.4, 0.5) is 18.9 Å². The van der Waals surface area contributed by atoms with Gasteiger partial charge in [0.15, 0.2) is 17.5 Å². The number of benzene rings is 3. The van der Waals surface area contributed by atoms with E-state index in [4.69, 9.17) is 0 Å². The number of hydrogen-bond acceptors (Lipinski definition) is 6. The Bertz CT molecular complexity index is 2010. The molecular weight excluding hydrogens is 623 g/mol. The molecule has 0 spiro atoms. The first-order valence-corrected chi connectivity index (χ1v) is 15.1. The number of carbonyl (C=O) groups is 2. The summed E-state index contributed by atoms with van der Waals surface area (Å²) in [5, 5.41) is 11.0. The van der Waals surface area contributed by atoms with Crippen LogP contribution in [-0.4, -0.2) is 62.0 Å². The first-order valence-electron chi connectivity index (χ1n) is 15.1. The highest BCUT2D eigenvalue weighted by atomic mass is 19.2. The zero-order valence-electron chi connectivity index (χ0n) is 25.6. The van der Waals surface area contributed by atoms with Gasteiger partial charge in [-0.2, -0.15) is 0 Å². The molecular formula is C36H30F3N5O4. The quantitative estimate of drug-likeness (QED) is 0.105. The molecule has 9 nitrogen and oxygen atoms in total. The van der Waals surface area contributed by atoms with Gasteiger partial charge in [0.1, 0.15) is 5.76 Å². The molecule has 1 N–H and O–H groups in total. The van der Waals surface area contributed by atoms with E-state index in [2.05, 4.69) is 9.88 Å². The number of hydrogen-bond donors (Lipinski definition) is 1. The van der Waals surface area contributed by atoms with E-state index < -0.39 is 40.5 Å². The van der Waals surface area contributed by atoms with Crippen molar-refractivity contribution in [1.29, 1.82) is 0 Å². The van der Waals surface area contributed by atoms with Gasteiger partial charge >= 0.3 is 0 Å². The molecule has 3 heterocycles. The number of amides is 1. The normalized spacial score (nSPS) is 13.5. The third-order valence-electron chi connectivity index (χ3n) is 8.13. The van der Waals surface area contributed by atoms with E-state index in [1.54, 1.807) is 36.8 Å². The van der Waals surface area contributed by atoms with Gasteiger partial charge < -0.3 is 24.0 Å². The van der Waals surface area contributed by atoms with E-state index in [1.165, 1.54) is 21.7 Å². The molecule has 0 bridgehead atoms. The molecule has 1 aliphatic heterocycles. The Hall–Kier alpha value is -5.91. The van der Waals surface area contributed by atoms with Crippen LogP contribution < -0.4 is 10.5 Å². The summed E-state index contributed by atoms with van der Waals surface area (Å²) in [6.07, 6.45) is 7.31. The van der Waals surface area contributed by atoms with Crippen molar-refractivity contribution in [3.8, 4) is 5.69 Å². The van der Waals surface area contributed by atoms with Gasteiger partial charge in [0, 0.05) is 62.2 Å². The monoisotopic (exact) mass is 653 g/mol. The lowest BCUT2D eigenvalue weighted by molar-refractivity contribution is -0.142. The molecule has 0 atom stereocenters. The van der Waals surface area contributed by atoms with Crippen LogP contribution in [0.15, 0.2) is 109 Å². The maximum absolute atomic E-state index is 13.9. The average Bonchev–Trinajstić information content (AvgIpc) is 3.64. The minimum Gasteiger partial charge on any atom is -0.507 e. The second-order valence-corrected chi connectivity index (χ2v) is 11.4. The summed E-state index contributed by atoms with van der Waals surface area (Å²) < 4.78 is 44.6. The Balaban J connectivity index is 1.19. The highest BCUT2D eigenvalue weighted by Gasteiger charge is 2.26. The highest BCUT2D eigenvalue weighted by Crippen LogP contribution is 2.21. The number of aromatic nitrogens is 3. The topological polar surface area (TPSA) is 101 Å². The molecule has 48 heavy (non-hydrogen) atoms. The fraction of sp³-hybridized carbons (Fsp3) is 0.167. The number of aliphatic hydroxyl groups is 1. The Kier molecular flexibility index (Phi) is 9.24. The molecule has 6 rings (SSSR count). The third kappa shape index (κ3) is 7.07. The largest absolute Gasteiger partial charge is 0.507 e. The molecule has 0 aliphatic carbocycles. The van der Waals surface area contributed by atoms with E-state index in [1.807, 2.05) is 41.1 Å². The van der Waals surface area contributed by atoms with Gasteiger partial charge in [-0.3, -0.25) is 14.4 Å². The molecule has 1 amide bonds. The number of ketones is 1. The Morgan fingerprint density at radius 3 is 2.15 bits per heavy atom. The summed E-state index contributed by atoms with van der Waals surface area (Å²) in [4.78, 5) is 47.1. The fourth-order valence-corrected chi connectivity index (χ4v) is 5.66. The van der Waals surface area contributed by atoms with Gasteiger partial charge in [0.25, 0.3) is 11.5 Å². The highest BCUT2D eigenvalue weighted by molar-refractivity contribution is 6.41. The number of anilines is 1. The van der Waals surface area contributed by atoms with Crippen LogP contribution in [0, 0.1) is 17.5 Å². The molecule has 0 radical (unpaired) electrons. The lowest BCUT2D eigenvalue weighted by atomic mass is 10.0. The predicted molar refractivity (Wildman–Crippen MR) is 173 cm³/mol. The van der Waals surface area contributed by atoms with Gasteiger partial charge in [-0.15, -0.1) is 0 Å². The molecule has 1 saturated heterocycles. The van der Waals surface area contributed by atoms with Crippen LogP contribution in [0.3, 0.4) is 0 Å². The first kappa shape index (κ1) is 32.0. The summed E-state index contributed by atoms with van der Waals surface area (Å²) in [5.41, 5.74) is 2.18. The maximum Gasteiger partial charge on any atom is 0.294 e. The molecule has 3 aromatic carbocycles. The summed E-state index contributed by atoms with van der Waals surface area (Å²) in [6, 6.07) is 19.8. The minimum atomic E-state index is -1.60.